The first kappa shape index (κ1) is 52.9. The fourth-order valence-electron chi connectivity index (χ4n) is 5.60. The van der Waals surface area contributed by atoms with Crippen molar-refractivity contribution in [3.63, 3.8) is 0 Å². The van der Waals surface area contributed by atoms with Gasteiger partial charge in [0.25, 0.3) is 5.69 Å². The summed E-state index contributed by atoms with van der Waals surface area (Å²) in [5.41, 5.74) is 21.8. The monoisotopic (exact) mass is 864 g/mol. The van der Waals surface area contributed by atoms with E-state index in [1.165, 1.54) is 24.3 Å². The number of hydrogen-bond donors (Lipinski definition) is 11. The van der Waals surface area contributed by atoms with Gasteiger partial charge in [-0.05, 0) is 49.1 Å². The molecule has 0 fully saturated rings. The minimum Gasteiger partial charge on any atom is -0.491 e. The molecule has 0 radical (unpaired) electrons. The third-order valence-electron chi connectivity index (χ3n) is 9.60. The van der Waals surface area contributed by atoms with Gasteiger partial charge in [-0.3, -0.25) is 48.7 Å². The molecule has 0 saturated heterocycles. The minimum atomic E-state index is -1.49. The van der Waals surface area contributed by atoms with Crippen molar-refractivity contribution in [3.8, 4) is 5.75 Å². The average molecular weight is 865 g/mol. The molecule has 342 valence electrons. The zero-order chi connectivity index (χ0) is 46.4. The Labute approximate surface area is 354 Å². The number of aliphatic imine (C=N–C) groups is 1. The number of ether oxygens (including phenoxy) is 1. The van der Waals surface area contributed by atoms with Crippen LogP contribution in [0.25, 0.3) is 0 Å². The fourth-order valence-corrected chi connectivity index (χ4v) is 5.60. The maximum Gasteiger partial charge on any atom is 0.269 e. The van der Waals surface area contributed by atoms with Gasteiger partial charge in [0.15, 0.2) is 5.96 Å². The van der Waals surface area contributed by atoms with Gasteiger partial charge < -0.3 is 64.7 Å². The highest BCUT2D eigenvalue weighted by Gasteiger charge is 2.33. The third-order valence-corrected chi connectivity index (χ3v) is 9.60. The van der Waals surface area contributed by atoms with Gasteiger partial charge in [0.05, 0.1) is 18.1 Å². The Bertz CT molecular complexity index is 1670. The number of aliphatic hydroxyl groups is 1. The summed E-state index contributed by atoms with van der Waals surface area (Å²) in [7, 11) is 0. The Morgan fingerprint density at radius 1 is 0.770 bits per heavy atom. The van der Waals surface area contributed by atoms with E-state index in [0.29, 0.717) is 12.8 Å². The number of aliphatic hydroxyl groups excluding tert-OH is 1. The first-order valence-corrected chi connectivity index (χ1v) is 20.0. The maximum atomic E-state index is 13.8. The topological polar surface area (TPSA) is 381 Å². The molecular formula is C38H64N12O11. The number of primary amides is 1. The molecule has 15 N–H and O–H groups in total. The lowest BCUT2D eigenvalue weighted by Crippen LogP contribution is -2.60. The number of amides is 7. The van der Waals surface area contributed by atoms with Gasteiger partial charge >= 0.3 is 0 Å². The van der Waals surface area contributed by atoms with Crippen molar-refractivity contribution in [1.29, 1.82) is 0 Å². The van der Waals surface area contributed by atoms with E-state index in [0.717, 1.165) is 0 Å². The number of nitro benzene ring substituents is 1. The van der Waals surface area contributed by atoms with E-state index < -0.39 is 114 Å². The van der Waals surface area contributed by atoms with E-state index >= 15 is 0 Å². The number of nitrogens with one attached hydrogen (secondary N) is 6. The summed E-state index contributed by atoms with van der Waals surface area (Å²) >= 11 is 0. The molecule has 7 amide bonds. The van der Waals surface area contributed by atoms with Crippen LogP contribution in [0, 0.1) is 27.9 Å². The molecule has 0 aliphatic rings. The predicted octanol–water partition coefficient (Wildman–Crippen LogP) is -2.49. The molecule has 0 unspecified atom stereocenters. The standard InChI is InChI=1S/C38H64N12O11/c1-7-21(5)30(32(40)53)48-36(57)28(19-61-24-13-11-23(12-14-24)50(59)60)47-34(55)26(10-9-15-43-38(41)42)45-29(52)17-44-37(58)31(22(6)8-2)49-35(56)27(16-20(3)4)46-33(54)25(39)18-51/h11-14,20-22,25-28,30-31,51H,7-10,15-19,39H2,1-6H3,(H2,40,53)(H,44,58)(H,45,52)(H,46,54)(H,47,55)(H,48,57)(H,49,56)(H4,41,42,43)/t21-,22-,25-,26-,27-,28-,30-,31-/m0/s1. The number of carbonyl (C=O) groups excluding carboxylic acids is 7. The number of carbonyl (C=O) groups is 7. The van der Waals surface area contributed by atoms with Crippen LogP contribution in [0.15, 0.2) is 29.3 Å². The summed E-state index contributed by atoms with van der Waals surface area (Å²) in [5, 5.41) is 35.6. The van der Waals surface area contributed by atoms with E-state index in [1.54, 1.807) is 27.7 Å². The van der Waals surface area contributed by atoms with Crippen molar-refractivity contribution in [1.82, 2.24) is 31.9 Å². The molecule has 0 saturated carbocycles. The Morgan fingerprint density at radius 3 is 1.84 bits per heavy atom. The van der Waals surface area contributed by atoms with Gasteiger partial charge in [0.2, 0.25) is 41.4 Å². The van der Waals surface area contributed by atoms with Crippen molar-refractivity contribution < 1.29 is 48.3 Å². The lowest BCUT2D eigenvalue weighted by atomic mass is 9.96. The van der Waals surface area contributed by atoms with Crippen molar-refractivity contribution in [2.75, 3.05) is 26.3 Å². The highest BCUT2D eigenvalue weighted by atomic mass is 16.6. The van der Waals surface area contributed by atoms with Gasteiger partial charge in [-0.2, -0.15) is 0 Å². The third kappa shape index (κ3) is 19.2. The Morgan fingerprint density at radius 2 is 1.31 bits per heavy atom. The summed E-state index contributed by atoms with van der Waals surface area (Å²) < 4.78 is 5.69. The molecule has 0 aromatic heterocycles. The molecule has 1 aromatic carbocycles. The predicted molar refractivity (Wildman–Crippen MR) is 224 cm³/mol. The van der Waals surface area contributed by atoms with Gasteiger partial charge in [-0.1, -0.05) is 54.4 Å². The summed E-state index contributed by atoms with van der Waals surface area (Å²) in [6.07, 6.45) is 1.18. The minimum absolute atomic E-state index is 0.0571. The van der Waals surface area contributed by atoms with E-state index in [2.05, 4.69) is 36.9 Å². The largest absolute Gasteiger partial charge is 0.491 e. The molecule has 8 atom stereocenters. The number of guanidine groups is 1. The maximum absolute atomic E-state index is 13.8. The highest BCUT2D eigenvalue weighted by Crippen LogP contribution is 2.18. The molecule has 61 heavy (non-hydrogen) atoms. The van der Waals surface area contributed by atoms with Crippen LogP contribution in [-0.2, 0) is 33.6 Å². The first-order chi connectivity index (χ1) is 28.6. The number of nitro groups is 1. The number of non-ortho nitro benzene ring substituents is 1. The Hall–Kier alpha value is -6.10. The smallest absolute Gasteiger partial charge is 0.269 e. The zero-order valence-corrected chi connectivity index (χ0v) is 35.6. The molecule has 0 bridgehead atoms. The number of nitrogens with zero attached hydrogens (tertiary/aromatic N) is 2. The molecule has 23 heteroatoms. The van der Waals surface area contributed by atoms with Crippen LogP contribution in [0.1, 0.15) is 73.6 Å². The summed E-state index contributed by atoms with van der Waals surface area (Å²) in [5.74, 6) is -6.57. The van der Waals surface area contributed by atoms with Crippen LogP contribution >= 0.6 is 0 Å². The SMILES string of the molecule is CC[C@H](C)[C@H](NC(=O)[C@H](COc1ccc([N+](=O)[O-])cc1)NC(=O)[C@H](CCCN=C(N)N)NC(=O)CNC(=O)[C@@H](NC(=O)[C@H](CC(C)C)NC(=O)[C@@H](N)CO)[C@@H](C)CC)C(N)=O. The summed E-state index contributed by atoms with van der Waals surface area (Å²) in [6, 6.07) is -2.54. The average Bonchev–Trinajstić information content (AvgIpc) is 3.21. The van der Waals surface area contributed by atoms with E-state index in [4.69, 9.17) is 27.7 Å². The van der Waals surface area contributed by atoms with Crippen molar-refractivity contribution in [2.45, 2.75) is 110 Å². The molecule has 0 aliphatic heterocycles. The lowest BCUT2D eigenvalue weighted by Gasteiger charge is -2.28. The van der Waals surface area contributed by atoms with Crippen LogP contribution in [0.5, 0.6) is 5.75 Å². The molecule has 1 rings (SSSR count). The molecule has 23 nitrogen and oxygen atoms in total. The van der Waals surface area contributed by atoms with Crippen LogP contribution in [0.2, 0.25) is 0 Å². The van der Waals surface area contributed by atoms with Crippen molar-refractivity contribution >= 4 is 53.0 Å². The molecular weight excluding hydrogens is 800 g/mol. The van der Waals surface area contributed by atoms with Gasteiger partial charge in [0.1, 0.15) is 48.6 Å². The zero-order valence-electron chi connectivity index (χ0n) is 35.6. The van der Waals surface area contributed by atoms with Crippen molar-refractivity contribution in [3.05, 3.63) is 34.4 Å². The molecule has 0 heterocycles. The Kier molecular flexibility index (Phi) is 23.3. The first-order valence-electron chi connectivity index (χ1n) is 20.0. The second kappa shape index (κ2) is 26.9. The van der Waals surface area contributed by atoms with Gasteiger partial charge in [0, 0.05) is 18.7 Å². The molecule has 1 aromatic rings. The van der Waals surface area contributed by atoms with Crippen LogP contribution in [0.4, 0.5) is 5.69 Å². The van der Waals surface area contributed by atoms with E-state index in [9.17, 15) is 48.8 Å². The van der Waals surface area contributed by atoms with E-state index in [-0.39, 0.29) is 49.1 Å². The van der Waals surface area contributed by atoms with Crippen LogP contribution in [-0.4, -0.2) is 120 Å². The van der Waals surface area contributed by atoms with Crippen LogP contribution < -0.4 is 59.6 Å². The number of benzene rings is 1. The second-order valence-electron chi connectivity index (χ2n) is 15.0. The number of nitrogens with two attached hydrogens (primary N) is 4. The second-order valence-corrected chi connectivity index (χ2v) is 15.0. The Balaban J connectivity index is 3.31. The summed E-state index contributed by atoms with van der Waals surface area (Å²) in [4.78, 5) is 107. The van der Waals surface area contributed by atoms with Crippen molar-refractivity contribution in [2.24, 2.45) is 45.7 Å². The summed E-state index contributed by atoms with van der Waals surface area (Å²) in [6.45, 7) is 8.83. The molecule has 0 spiro atoms. The quantitative estimate of drug-likeness (QED) is 0.0137. The lowest BCUT2D eigenvalue weighted by molar-refractivity contribution is -0.384. The number of hydrogen-bond acceptors (Lipinski definition) is 13. The van der Waals surface area contributed by atoms with Gasteiger partial charge in [-0.25, -0.2) is 0 Å². The van der Waals surface area contributed by atoms with Crippen LogP contribution in [0.3, 0.4) is 0 Å². The fraction of sp³-hybridized carbons (Fsp3) is 0.632. The normalized spacial score (nSPS) is 14.9. The van der Waals surface area contributed by atoms with Gasteiger partial charge in [-0.15, -0.1) is 0 Å². The number of rotatable bonds is 28. The molecule has 0 aliphatic carbocycles. The highest BCUT2D eigenvalue weighted by molar-refractivity contribution is 5.96. The van der Waals surface area contributed by atoms with E-state index in [1.807, 2.05) is 13.8 Å².